The lowest BCUT2D eigenvalue weighted by Crippen LogP contribution is -2.20. The van der Waals surface area contributed by atoms with Crippen molar-refractivity contribution in [3.8, 4) is 0 Å². The highest BCUT2D eigenvalue weighted by atomic mass is 79.9. The van der Waals surface area contributed by atoms with Crippen LogP contribution in [0.3, 0.4) is 0 Å². The van der Waals surface area contributed by atoms with E-state index in [1.165, 1.54) is 19.3 Å². The molecule has 0 nitrogen and oxygen atoms in total. The zero-order valence-corrected chi connectivity index (χ0v) is 10.5. The molecule has 0 bridgehead atoms. The Morgan fingerprint density at radius 2 is 2.27 bits per heavy atom. The molecule has 0 spiro atoms. The minimum atomic E-state index is 0.0693. The summed E-state index contributed by atoms with van der Waals surface area (Å²) in [7, 11) is 0. The highest BCUT2D eigenvalue weighted by Gasteiger charge is 2.34. The van der Waals surface area contributed by atoms with Crippen molar-refractivity contribution in [2.45, 2.75) is 34.7 Å². The van der Waals surface area contributed by atoms with Gasteiger partial charge in [-0.05, 0) is 17.9 Å². The molecule has 0 radical (unpaired) electrons. The number of rotatable bonds is 3. The summed E-state index contributed by atoms with van der Waals surface area (Å²) in [6.45, 7) is 2.23. The van der Waals surface area contributed by atoms with Gasteiger partial charge >= 0.3 is 0 Å². The molecule has 1 aliphatic rings. The molecule has 1 heterocycles. The summed E-state index contributed by atoms with van der Waals surface area (Å²) in [6, 6.07) is 0. The van der Waals surface area contributed by atoms with Crippen LogP contribution in [0.2, 0.25) is 0 Å². The van der Waals surface area contributed by atoms with Gasteiger partial charge in [-0.1, -0.05) is 51.6 Å². The molecule has 0 aromatic carbocycles. The van der Waals surface area contributed by atoms with Gasteiger partial charge in [0, 0.05) is 5.25 Å². The number of hydrogen-bond donors (Lipinski definition) is 0. The molecule has 0 aromatic rings. The van der Waals surface area contributed by atoms with Gasteiger partial charge in [-0.2, -0.15) is 0 Å². The second-order valence-corrected chi connectivity index (χ2v) is 7.55. The summed E-state index contributed by atoms with van der Waals surface area (Å²) in [6.07, 6.45) is 6.06. The van der Waals surface area contributed by atoms with Crippen molar-refractivity contribution in [2.75, 3.05) is 0 Å². The predicted molar refractivity (Wildman–Crippen MR) is 60.6 cm³/mol. The molecule has 1 atom stereocenters. The van der Waals surface area contributed by atoms with Crippen LogP contribution < -0.4 is 0 Å². The second-order valence-electron chi connectivity index (χ2n) is 2.74. The molecule has 0 fully saturated rings. The zero-order valence-electron chi connectivity index (χ0n) is 6.52. The molecular formula is C8H12Br2S. The van der Waals surface area contributed by atoms with Gasteiger partial charge in [-0.25, -0.2) is 0 Å². The topological polar surface area (TPSA) is 0 Å². The number of hydrogen-bond acceptors (Lipinski definition) is 1. The first-order valence-electron chi connectivity index (χ1n) is 3.88. The van der Waals surface area contributed by atoms with E-state index < -0.39 is 0 Å². The van der Waals surface area contributed by atoms with E-state index >= 15 is 0 Å². The average Bonchev–Trinajstić information content (AvgIpc) is 2.25. The summed E-state index contributed by atoms with van der Waals surface area (Å²) in [5, 5.41) is 2.84. The lowest BCUT2D eigenvalue weighted by molar-refractivity contribution is 0.691. The minimum absolute atomic E-state index is 0.0693. The highest BCUT2D eigenvalue weighted by molar-refractivity contribution is 9.25. The van der Waals surface area contributed by atoms with E-state index in [1.54, 1.807) is 0 Å². The smallest absolute Gasteiger partial charge is 0.111 e. The molecule has 0 aromatic heterocycles. The average molecular weight is 300 g/mol. The Morgan fingerprint density at radius 1 is 1.55 bits per heavy atom. The van der Waals surface area contributed by atoms with E-state index in [0.717, 1.165) is 0 Å². The monoisotopic (exact) mass is 298 g/mol. The van der Waals surface area contributed by atoms with E-state index in [2.05, 4.69) is 50.3 Å². The molecule has 3 heteroatoms. The molecular weight excluding hydrogens is 288 g/mol. The van der Waals surface area contributed by atoms with Crippen molar-refractivity contribution >= 4 is 43.6 Å². The first-order chi connectivity index (χ1) is 5.17. The maximum atomic E-state index is 3.65. The van der Waals surface area contributed by atoms with Crippen molar-refractivity contribution < 1.29 is 0 Å². The fraction of sp³-hybridized carbons (Fsp3) is 0.750. The number of unbranched alkanes of at least 4 members (excludes halogenated alkanes) is 1. The van der Waals surface area contributed by atoms with E-state index in [-0.39, 0.29) is 3.23 Å². The molecule has 0 saturated carbocycles. The van der Waals surface area contributed by atoms with Crippen LogP contribution in [0.1, 0.15) is 26.2 Å². The molecule has 0 amide bonds. The SMILES string of the molecule is CCCCC1SC=CC1(Br)Br. The van der Waals surface area contributed by atoms with Crippen molar-refractivity contribution in [3.05, 3.63) is 11.5 Å². The van der Waals surface area contributed by atoms with E-state index in [1.807, 2.05) is 11.8 Å². The molecule has 0 aliphatic carbocycles. The molecule has 1 aliphatic heterocycles. The summed E-state index contributed by atoms with van der Waals surface area (Å²) < 4.78 is 0.0693. The summed E-state index contributed by atoms with van der Waals surface area (Å²) >= 11 is 9.21. The molecule has 11 heavy (non-hydrogen) atoms. The summed E-state index contributed by atoms with van der Waals surface area (Å²) in [5.41, 5.74) is 0. The number of halogens is 2. The summed E-state index contributed by atoms with van der Waals surface area (Å²) in [4.78, 5) is 0. The Hall–Kier alpha value is 1.05. The van der Waals surface area contributed by atoms with Crippen LogP contribution in [-0.2, 0) is 0 Å². The third-order valence-electron chi connectivity index (χ3n) is 1.78. The summed E-state index contributed by atoms with van der Waals surface area (Å²) in [5.74, 6) is 0. The van der Waals surface area contributed by atoms with Crippen LogP contribution in [0, 0.1) is 0 Å². The van der Waals surface area contributed by atoms with Gasteiger partial charge in [0.15, 0.2) is 0 Å². The van der Waals surface area contributed by atoms with E-state index in [0.29, 0.717) is 5.25 Å². The maximum absolute atomic E-state index is 3.65. The molecule has 1 rings (SSSR count). The lowest BCUT2D eigenvalue weighted by Gasteiger charge is -2.20. The molecule has 0 saturated heterocycles. The lowest BCUT2D eigenvalue weighted by atomic mass is 10.1. The predicted octanol–water partition coefficient (Wildman–Crippen LogP) is 4.29. The third kappa shape index (κ3) is 2.78. The first kappa shape index (κ1) is 10.1. The van der Waals surface area contributed by atoms with Gasteiger partial charge in [0.2, 0.25) is 0 Å². The Bertz CT molecular complexity index is 154. The Morgan fingerprint density at radius 3 is 2.73 bits per heavy atom. The van der Waals surface area contributed by atoms with Crippen molar-refractivity contribution in [3.63, 3.8) is 0 Å². The van der Waals surface area contributed by atoms with Crippen LogP contribution in [0.4, 0.5) is 0 Å². The third-order valence-corrected chi connectivity index (χ3v) is 5.25. The van der Waals surface area contributed by atoms with Gasteiger partial charge in [0.25, 0.3) is 0 Å². The van der Waals surface area contributed by atoms with Crippen LogP contribution in [0.25, 0.3) is 0 Å². The number of thioether (sulfide) groups is 1. The van der Waals surface area contributed by atoms with Gasteiger partial charge in [-0.15, -0.1) is 11.8 Å². The fourth-order valence-corrected chi connectivity index (χ4v) is 3.84. The molecule has 0 N–H and O–H groups in total. The zero-order chi connectivity index (χ0) is 8.32. The Labute approximate surface area is 89.5 Å². The standard InChI is InChI=1S/C8H12Br2S/c1-2-3-4-7-8(9,10)5-6-11-7/h5-7H,2-4H2,1H3. The largest absolute Gasteiger partial charge is 0.128 e. The van der Waals surface area contributed by atoms with Crippen molar-refractivity contribution in [1.82, 2.24) is 0 Å². The Balaban J connectivity index is 2.36. The number of alkyl halides is 2. The second kappa shape index (κ2) is 4.33. The number of allylic oxidation sites excluding steroid dienone is 1. The van der Waals surface area contributed by atoms with Crippen LogP contribution in [0.5, 0.6) is 0 Å². The first-order valence-corrected chi connectivity index (χ1v) is 6.40. The van der Waals surface area contributed by atoms with Gasteiger partial charge < -0.3 is 0 Å². The highest BCUT2D eigenvalue weighted by Crippen LogP contribution is 2.46. The maximum Gasteiger partial charge on any atom is 0.111 e. The van der Waals surface area contributed by atoms with Crippen molar-refractivity contribution in [1.29, 1.82) is 0 Å². The minimum Gasteiger partial charge on any atom is -0.128 e. The Kier molecular flexibility index (Phi) is 3.99. The van der Waals surface area contributed by atoms with Crippen LogP contribution in [0.15, 0.2) is 11.5 Å². The quantitative estimate of drug-likeness (QED) is 0.701. The van der Waals surface area contributed by atoms with Crippen LogP contribution >= 0.6 is 43.6 Å². The van der Waals surface area contributed by atoms with E-state index in [9.17, 15) is 0 Å². The van der Waals surface area contributed by atoms with Crippen LogP contribution in [-0.4, -0.2) is 8.48 Å². The fourth-order valence-electron chi connectivity index (χ4n) is 1.07. The molecule has 1 unspecified atom stereocenters. The van der Waals surface area contributed by atoms with Gasteiger partial charge in [0.1, 0.15) is 3.23 Å². The van der Waals surface area contributed by atoms with E-state index in [4.69, 9.17) is 0 Å². The van der Waals surface area contributed by atoms with Gasteiger partial charge in [-0.3, -0.25) is 0 Å². The molecule has 64 valence electrons. The van der Waals surface area contributed by atoms with Crippen molar-refractivity contribution in [2.24, 2.45) is 0 Å². The normalized spacial score (nSPS) is 27.7. The van der Waals surface area contributed by atoms with Gasteiger partial charge in [0.05, 0.1) is 0 Å².